The highest BCUT2D eigenvalue weighted by atomic mass is 79.9. The van der Waals surface area contributed by atoms with E-state index in [1.807, 2.05) is 25.1 Å². The molecule has 0 aliphatic carbocycles. The van der Waals surface area contributed by atoms with Gasteiger partial charge in [0.15, 0.2) is 0 Å². The monoisotopic (exact) mass is 472 g/mol. The molecule has 160 valence electrons. The predicted octanol–water partition coefficient (Wildman–Crippen LogP) is 4.81. The highest BCUT2D eigenvalue weighted by Gasteiger charge is 2.19. The number of aryl methyl sites for hydroxylation is 2. The summed E-state index contributed by atoms with van der Waals surface area (Å²) in [4.78, 5) is 18.1. The molecule has 6 nitrogen and oxygen atoms in total. The zero-order valence-corrected chi connectivity index (χ0v) is 19.6. The summed E-state index contributed by atoms with van der Waals surface area (Å²) in [6.07, 6.45) is 0. The zero-order chi connectivity index (χ0) is 21.7. The number of esters is 1. The van der Waals surface area contributed by atoms with Crippen molar-refractivity contribution in [1.29, 1.82) is 0 Å². The summed E-state index contributed by atoms with van der Waals surface area (Å²) in [7, 11) is 0. The number of aromatic amines is 1. The molecule has 3 aromatic rings. The summed E-state index contributed by atoms with van der Waals surface area (Å²) in [5, 5.41) is 4.54. The van der Waals surface area contributed by atoms with Crippen molar-refractivity contribution in [1.82, 2.24) is 19.7 Å². The number of likely N-dealkylation sites (N-methyl/N-ethyl adjacent to an activating group) is 1. The first-order chi connectivity index (χ1) is 14.4. The topological polar surface area (TPSA) is 63.1 Å². The second-order valence-corrected chi connectivity index (χ2v) is 8.10. The maximum absolute atomic E-state index is 12.4. The molecular formula is C23H29BrN4O2. The van der Waals surface area contributed by atoms with E-state index in [0.29, 0.717) is 6.61 Å². The largest absolute Gasteiger partial charge is 0.463 e. The van der Waals surface area contributed by atoms with E-state index in [2.05, 4.69) is 69.9 Å². The molecule has 1 aromatic carbocycles. The lowest BCUT2D eigenvalue weighted by atomic mass is 10.1. The molecule has 0 fully saturated rings. The van der Waals surface area contributed by atoms with E-state index in [0.717, 1.165) is 52.4 Å². The smallest absolute Gasteiger partial charge is 0.327 e. The average molecular weight is 473 g/mol. The van der Waals surface area contributed by atoms with Gasteiger partial charge in [0.25, 0.3) is 0 Å². The summed E-state index contributed by atoms with van der Waals surface area (Å²) in [5.41, 5.74) is 5.91. The van der Waals surface area contributed by atoms with Crippen LogP contribution in [0.15, 0.2) is 40.9 Å². The lowest BCUT2D eigenvalue weighted by Gasteiger charge is -2.17. The van der Waals surface area contributed by atoms with Crippen LogP contribution in [-0.2, 0) is 16.1 Å². The molecule has 0 aliphatic heterocycles. The molecule has 0 unspecified atom stereocenters. The van der Waals surface area contributed by atoms with E-state index in [1.54, 1.807) is 4.68 Å². The number of carbonyl (C=O) groups excluding carboxylic acids is 1. The maximum atomic E-state index is 12.4. The Labute approximate surface area is 186 Å². The van der Waals surface area contributed by atoms with Gasteiger partial charge in [0, 0.05) is 12.2 Å². The third kappa shape index (κ3) is 5.21. The SMILES string of the molecule is CCN(CC)CCOC(=O)Cn1nc(C)c(Br)c1-c1ccc(-c2cccc(C)c2)[nH]1. The zero-order valence-electron chi connectivity index (χ0n) is 18.0. The molecule has 0 radical (unpaired) electrons. The number of hydrogen-bond acceptors (Lipinski definition) is 4. The van der Waals surface area contributed by atoms with Gasteiger partial charge in [0.05, 0.1) is 21.6 Å². The van der Waals surface area contributed by atoms with E-state index in [4.69, 9.17) is 4.74 Å². The number of carbonyl (C=O) groups is 1. The number of rotatable bonds is 9. The van der Waals surface area contributed by atoms with Gasteiger partial charge < -0.3 is 14.6 Å². The number of H-pyrrole nitrogens is 1. The van der Waals surface area contributed by atoms with E-state index in [9.17, 15) is 4.79 Å². The van der Waals surface area contributed by atoms with Gasteiger partial charge in [0.2, 0.25) is 0 Å². The Kier molecular flexibility index (Phi) is 7.50. The van der Waals surface area contributed by atoms with Crippen molar-refractivity contribution in [2.75, 3.05) is 26.2 Å². The standard InChI is InChI=1S/C23H29BrN4O2/c1-5-27(6-2)12-13-30-21(29)15-28-23(22(24)17(4)26-28)20-11-10-19(25-20)18-9-7-8-16(3)14-18/h7-11,14,25H,5-6,12-13,15H2,1-4H3. The Hall–Kier alpha value is -2.38. The van der Waals surface area contributed by atoms with Crippen LogP contribution in [0.1, 0.15) is 25.1 Å². The molecule has 0 spiro atoms. The van der Waals surface area contributed by atoms with E-state index >= 15 is 0 Å². The van der Waals surface area contributed by atoms with Crippen molar-refractivity contribution in [2.45, 2.75) is 34.2 Å². The second-order valence-electron chi connectivity index (χ2n) is 7.31. The van der Waals surface area contributed by atoms with Crippen molar-refractivity contribution in [3.8, 4) is 22.6 Å². The fraction of sp³-hybridized carbons (Fsp3) is 0.391. The number of ether oxygens (including phenoxy) is 1. The first kappa shape index (κ1) is 22.3. The fourth-order valence-electron chi connectivity index (χ4n) is 3.44. The fourth-order valence-corrected chi connectivity index (χ4v) is 3.94. The summed E-state index contributed by atoms with van der Waals surface area (Å²) < 4.78 is 8.01. The van der Waals surface area contributed by atoms with Crippen LogP contribution < -0.4 is 0 Å². The minimum absolute atomic E-state index is 0.0683. The lowest BCUT2D eigenvalue weighted by Crippen LogP contribution is -2.28. The molecule has 7 heteroatoms. The van der Waals surface area contributed by atoms with Gasteiger partial charge in [-0.1, -0.05) is 37.6 Å². The molecule has 1 N–H and O–H groups in total. The van der Waals surface area contributed by atoms with Gasteiger partial charge in [-0.2, -0.15) is 5.10 Å². The number of halogens is 1. The number of aromatic nitrogens is 3. The van der Waals surface area contributed by atoms with Gasteiger partial charge >= 0.3 is 5.97 Å². The maximum Gasteiger partial charge on any atom is 0.327 e. The van der Waals surface area contributed by atoms with Crippen LogP contribution in [0.3, 0.4) is 0 Å². The third-order valence-corrected chi connectivity index (χ3v) is 6.12. The quantitative estimate of drug-likeness (QED) is 0.453. The molecule has 3 rings (SSSR count). The average Bonchev–Trinajstić information content (AvgIpc) is 3.30. The van der Waals surface area contributed by atoms with Gasteiger partial charge in [-0.25, -0.2) is 0 Å². The Balaban J connectivity index is 1.76. The van der Waals surface area contributed by atoms with Crippen LogP contribution >= 0.6 is 15.9 Å². The van der Waals surface area contributed by atoms with Crippen LogP contribution in [0.4, 0.5) is 0 Å². The van der Waals surface area contributed by atoms with Crippen LogP contribution in [-0.4, -0.2) is 51.9 Å². The van der Waals surface area contributed by atoms with Gasteiger partial charge in [-0.3, -0.25) is 9.48 Å². The third-order valence-electron chi connectivity index (χ3n) is 5.17. The predicted molar refractivity (Wildman–Crippen MR) is 123 cm³/mol. The van der Waals surface area contributed by atoms with E-state index in [1.165, 1.54) is 5.56 Å². The molecule has 0 saturated carbocycles. The number of nitrogens with one attached hydrogen (secondary N) is 1. The molecular weight excluding hydrogens is 444 g/mol. The summed E-state index contributed by atoms with van der Waals surface area (Å²) in [6.45, 7) is 11.3. The van der Waals surface area contributed by atoms with E-state index in [-0.39, 0.29) is 12.5 Å². The Bertz CT molecular complexity index is 1000. The van der Waals surface area contributed by atoms with Crippen LogP contribution in [0.2, 0.25) is 0 Å². The Morgan fingerprint density at radius 3 is 2.60 bits per heavy atom. The Morgan fingerprint density at radius 2 is 1.90 bits per heavy atom. The van der Waals surface area contributed by atoms with Gasteiger partial charge in [0.1, 0.15) is 13.2 Å². The minimum Gasteiger partial charge on any atom is -0.463 e. The van der Waals surface area contributed by atoms with Crippen molar-refractivity contribution < 1.29 is 9.53 Å². The number of benzene rings is 1. The second kappa shape index (κ2) is 10.1. The first-order valence-electron chi connectivity index (χ1n) is 10.3. The first-order valence-corrected chi connectivity index (χ1v) is 11.1. The molecule has 2 heterocycles. The molecule has 0 atom stereocenters. The molecule has 0 bridgehead atoms. The molecule has 0 saturated heterocycles. The highest BCUT2D eigenvalue weighted by Crippen LogP contribution is 2.32. The normalized spacial score (nSPS) is 11.3. The Morgan fingerprint density at radius 1 is 1.17 bits per heavy atom. The summed E-state index contributed by atoms with van der Waals surface area (Å²) >= 11 is 3.63. The molecule has 2 aromatic heterocycles. The van der Waals surface area contributed by atoms with Crippen molar-refractivity contribution in [2.24, 2.45) is 0 Å². The molecule has 0 amide bonds. The number of hydrogen-bond donors (Lipinski definition) is 1. The summed E-state index contributed by atoms with van der Waals surface area (Å²) in [5.74, 6) is -0.288. The minimum atomic E-state index is -0.288. The van der Waals surface area contributed by atoms with Crippen molar-refractivity contribution >= 4 is 21.9 Å². The van der Waals surface area contributed by atoms with Crippen LogP contribution in [0, 0.1) is 13.8 Å². The van der Waals surface area contributed by atoms with E-state index < -0.39 is 0 Å². The lowest BCUT2D eigenvalue weighted by molar-refractivity contribution is -0.144. The summed E-state index contributed by atoms with van der Waals surface area (Å²) in [6, 6.07) is 12.4. The number of nitrogens with zero attached hydrogens (tertiary/aromatic N) is 3. The molecule has 30 heavy (non-hydrogen) atoms. The van der Waals surface area contributed by atoms with Gasteiger partial charge in [-0.05, 0) is 66.6 Å². The van der Waals surface area contributed by atoms with Crippen molar-refractivity contribution in [3.05, 3.63) is 52.1 Å². The van der Waals surface area contributed by atoms with Crippen LogP contribution in [0.25, 0.3) is 22.6 Å². The van der Waals surface area contributed by atoms with Gasteiger partial charge in [-0.15, -0.1) is 0 Å². The van der Waals surface area contributed by atoms with Crippen molar-refractivity contribution in [3.63, 3.8) is 0 Å². The molecule has 0 aliphatic rings. The van der Waals surface area contributed by atoms with Crippen LogP contribution in [0.5, 0.6) is 0 Å². The highest BCUT2D eigenvalue weighted by molar-refractivity contribution is 9.10.